The van der Waals surface area contributed by atoms with Gasteiger partial charge in [0.05, 0.1) is 14.1 Å². The van der Waals surface area contributed by atoms with E-state index in [0.29, 0.717) is 46.5 Å². The summed E-state index contributed by atoms with van der Waals surface area (Å²) in [4.78, 5) is 25.8. The number of carbonyl (C=O) groups is 2. The van der Waals surface area contributed by atoms with Gasteiger partial charge in [-0.05, 0) is 30.2 Å². The molecule has 0 amide bonds. The highest BCUT2D eigenvalue weighted by molar-refractivity contribution is 6.08. The SMILES string of the molecule is C[C@@H]1CC[C@@H]([C@H](C)c2ccccc2)[C@H](OC(=O)C[N+](C)(C)Cc2ccc(C(=O)c3ccccc3)cc2)C1.[Br-]. The van der Waals surface area contributed by atoms with E-state index in [0.717, 1.165) is 18.4 Å². The Kier molecular flexibility index (Phi) is 10.5. The van der Waals surface area contributed by atoms with Crippen molar-refractivity contribution in [2.75, 3.05) is 20.6 Å². The van der Waals surface area contributed by atoms with E-state index in [1.54, 1.807) is 0 Å². The van der Waals surface area contributed by atoms with Gasteiger partial charge in [0, 0.05) is 22.6 Å². The first-order valence-electron chi connectivity index (χ1n) is 13.5. The van der Waals surface area contributed by atoms with E-state index < -0.39 is 0 Å². The van der Waals surface area contributed by atoms with Crippen LogP contribution in [0.4, 0.5) is 0 Å². The molecule has 0 saturated heterocycles. The molecule has 1 aliphatic carbocycles. The van der Waals surface area contributed by atoms with Crippen molar-refractivity contribution in [1.82, 2.24) is 0 Å². The van der Waals surface area contributed by atoms with Crippen LogP contribution in [0, 0.1) is 11.8 Å². The van der Waals surface area contributed by atoms with Crippen LogP contribution >= 0.6 is 0 Å². The van der Waals surface area contributed by atoms with Crippen LogP contribution in [0.5, 0.6) is 0 Å². The van der Waals surface area contributed by atoms with Gasteiger partial charge < -0.3 is 26.2 Å². The fourth-order valence-corrected chi connectivity index (χ4v) is 5.69. The number of halogens is 1. The number of carbonyl (C=O) groups excluding carboxylic acids is 2. The van der Waals surface area contributed by atoms with Crippen molar-refractivity contribution in [3.05, 3.63) is 107 Å². The van der Waals surface area contributed by atoms with Gasteiger partial charge in [0.2, 0.25) is 0 Å². The van der Waals surface area contributed by atoms with Crippen LogP contribution in [0.3, 0.4) is 0 Å². The summed E-state index contributed by atoms with van der Waals surface area (Å²) in [6.07, 6.45) is 3.15. The Hall–Kier alpha value is -2.76. The molecule has 0 bridgehead atoms. The molecule has 5 heteroatoms. The largest absolute Gasteiger partial charge is 1.00 e. The van der Waals surface area contributed by atoms with Crippen molar-refractivity contribution >= 4 is 11.8 Å². The maximum absolute atomic E-state index is 13.1. The zero-order valence-electron chi connectivity index (χ0n) is 23.0. The predicted octanol–water partition coefficient (Wildman–Crippen LogP) is 3.65. The number of hydrogen-bond acceptors (Lipinski definition) is 3. The predicted molar refractivity (Wildman–Crippen MR) is 148 cm³/mol. The van der Waals surface area contributed by atoms with Crippen molar-refractivity contribution in [2.24, 2.45) is 11.8 Å². The van der Waals surface area contributed by atoms with Gasteiger partial charge in [0.25, 0.3) is 0 Å². The van der Waals surface area contributed by atoms with Crippen LogP contribution in [-0.4, -0.2) is 43.0 Å². The minimum atomic E-state index is -0.134. The van der Waals surface area contributed by atoms with E-state index in [2.05, 4.69) is 52.2 Å². The van der Waals surface area contributed by atoms with Crippen LogP contribution in [0.15, 0.2) is 84.9 Å². The number of esters is 1. The lowest BCUT2D eigenvalue weighted by molar-refractivity contribution is -0.896. The van der Waals surface area contributed by atoms with Crippen LogP contribution in [-0.2, 0) is 16.1 Å². The first-order chi connectivity index (χ1) is 17.7. The average molecular weight is 579 g/mol. The highest BCUT2D eigenvalue weighted by Gasteiger charge is 2.36. The second-order valence-corrected chi connectivity index (χ2v) is 11.5. The molecule has 1 fully saturated rings. The minimum absolute atomic E-state index is 0. The highest BCUT2D eigenvalue weighted by Crippen LogP contribution is 2.39. The molecule has 4 atom stereocenters. The molecule has 0 N–H and O–H groups in total. The summed E-state index contributed by atoms with van der Waals surface area (Å²) >= 11 is 0. The third kappa shape index (κ3) is 7.87. The molecule has 3 aromatic rings. The van der Waals surface area contributed by atoms with Gasteiger partial charge in [0.15, 0.2) is 12.3 Å². The van der Waals surface area contributed by atoms with Crippen molar-refractivity contribution < 1.29 is 35.8 Å². The molecule has 0 heterocycles. The zero-order valence-corrected chi connectivity index (χ0v) is 24.6. The maximum atomic E-state index is 13.1. The van der Waals surface area contributed by atoms with E-state index >= 15 is 0 Å². The molecule has 0 aliphatic heterocycles. The standard InChI is InChI=1S/C33H40NO3.BrH/c1-24-15-20-30(25(2)27-11-7-5-8-12-27)31(21-24)37-32(35)23-34(3,4)22-26-16-18-29(19-17-26)33(36)28-13-9-6-10-14-28;/h5-14,16-19,24-25,30-31H,15,20-23H2,1-4H3;1H/q+1;/p-1/t24-,25-,30+,31-;/m1./s1. The first-order valence-corrected chi connectivity index (χ1v) is 13.5. The Morgan fingerprint density at radius 1 is 0.868 bits per heavy atom. The fraction of sp³-hybridized carbons (Fsp3) is 0.394. The number of nitrogens with zero attached hydrogens (tertiary/aromatic N) is 1. The van der Waals surface area contributed by atoms with Gasteiger partial charge in [-0.3, -0.25) is 4.79 Å². The summed E-state index contributed by atoms with van der Waals surface area (Å²) in [6.45, 7) is 5.52. The Balaban J connectivity index is 0.00000400. The second-order valence-electron chi connectivity index (χ2n) is 11.5. The van der Waals surface area contributed by atoms with Crippen LogP contribution in [0.25, 0.3) is 0 Å². The molecular formula is C33H40BrNO3. The summed E-state index contributed by atoms with van der Waals surface area (Å²) in [5.41, 5.74) is 3.76. The fourth-order valence-electron chi connectivity index (χ4n) is 5.69. The number of hydrogen-bond donors (Lipinski definition) is 0. The van der Waals surface area contributed by atoms with E-state index in [9.17, 15) is 9.59 Å². The van der Waals surface area contributed by atoms with Crippen molar-refractivity contribution in [3.8, 4) is 0 Å². The van der Waals surface area contributed by atoms with Gasteiger partial charge in [0.1, 0.15) is 12.6 Å². The number of likely N-dealkylation sites (N-methyl/N-ethyl adjacent to an activating group) is 1. The normalized spacial score (nSPS) is 20.2. The lowest BCUT2D eigenvalue weighted by Crippen LogP contribution is -3.00. The lowest BCUT2D eigenvalue weighted by Gasteiger charge is -2.38. The number of ketones is 1. The van der Waals surface area contributed by atoms with E-state index in [4.69, 9.17) is 4.74 Å². The molecule has 4 nitrogen and oxygen atoms in total. The Morgan fingerprint density at radius 2 is 1.45 bits per heavy atom. The van der Waals surface area contributed by atoms with Gasteiger partial charge in [-0.2, -0.15) is 0 Å². The molecule has 0 aromatic heterocycles. The number of benzene rings is 3. The van der Waals surface area contributed by atoms with Gasteiger partial charge in [-0.1, -0.05) is 105 Å². The smallest absolute Gasteiger partial charge is 0.362 e. The lowest BCUT2D eigenvalue weighted by atomic mass is 9.73. The molecule has 38 heavy (non-hydrogen) atoms. The monoisotopic (exact) mass is 577 g/mol. The molecule has 1 saturated carbocycles. The highest BCUT2D eigenvalue weighted by atomic mass is 79.9. The first kappa shape index (κ1) is 29.8. The number of rotatable bonds is 9. The molecule has 0 unspecified atom stereocenters. The van der Waals surface area contributed by atoms with Gasteiger partial charge in [-0.25, -0.2) is 4.79 Å². The molecule has 3 aromatic carbocycles. The molecular weight excluding hydrogens is 538 g/mol. The number of quaternary nitrogens is 1. The van der Waals surface area contributed by atoms with Crippen molar-refractivity contribution in [1.29, 1.82) is 0 Å². The summed E-state index contributed by atoms with van der Waals surface area (Å²) in [5.74, 6) is 1.14. The van der Waals surface area contributed by atoms with Crippen LogP contribution in [0.2, 0.25) is 0 Å². The molecule has 202 valence electrons. The molecule has 4 rings (SSSR count). The van der Waals surface area contributed by atoms with Crippen molar-refractivity contribution in [2.45, 2.75) is 51.7 Å². The Bertz CT molecular complexity index is 1180. The summed E-state index contributed by atoms with van der Waals surface area (Å²) in [5, 5.41) is 0. The number of ether oxygens (including phenoxy) is 1. The average Bonchev–Trinajstić information content (AvgIpc) is 2.89. The summed E-state index contributed by atoms with van der Waals surface area (Å²) in [6, 6.07) is 27.6. The molecule has 1 aliphatic rings. The third-order valence-corrected chi connectivity index (χ3v) is 7.78. The molecule has 0 radical (unpaired) electrons. The van der Waals surface area contributed by atoms with E-state index in [-0.39, 0.29) is 34.8 Å². The quantitative estimate of drug-likeness (QED) is 0.221. The topological polar surface area (TPSA) is 43.4 Å². The van der Waals surface area contributed by atoms with E-state index in [1.165, 1.54) is 12.0 Å². The minimum Gasteiger partial charge on any atom is -1.00 e. The zero-order chi connectivity index (χ0) is 26.4. The summed E-state index contributed by atoms with van der Waals surface area (Å²) in [7, 11) is 4.11. The Labute approximate surface area is 238 Å². The van der Waals surface area contributed by atoms with E-state index in [1.807, 2.05) is 60.7 Å². The third-order valence-electron chi connectivity index (χ3n) is 7.78. The molecule has 0 spiro atoms. The summed E-state index contributed by atoms with van der Waals surface area (Å²) < 4.78 is 6.68. The maximum Gasteiger partial charge on any atom is 0.362 e. The van der Waals surface area contributed by atoms with Gasteiger partial charge in [-0.15, -0.1) is 0 Å². The second kappa shape index (κ2) is 13.3. The van der Waals surface area contributed by atoms with Gasteiger partial charge >= 0.3 is 5.97 Å². The van der Waals surface area contributed by atoms with Crippen molar-refractivity contribution in [3.63, 3.8) is 0 Å². The Morgan fingerprint density at radius 3 is 2.08 bits per heavy atom. The van der Waals surface area contributed by atoms with Crippen LogP contribution in [0.1, 0.15) is 66.1 Å². The van der Waals surface area contributed by atoms with Crippen LogP contribution < -0.4 is 17.0 Å².